The molecule has 58 valence electrons. The van der Waals surface area contributed by atoms with Crippen LogP contribution in [0.2, 0.25) is 0 Å². The van der Waals surface area contributed by atoms with Crippen LogP contribution in [0.15, 0.2) is 24.3 Å². The molecule has 3 nitrogen and oxygen atoms in total. The van der Waals surface area contributed by atoms with Gasteiger partial charge in [0.15, 0.2) is 0 Å². The number of carbonyl (C=O) groups is 1. The van der Waals surface area contributed by atoms with Crippen LogP contribution in [0.3, 0.4) is 0 Å². The van der Waals surface area contributed by atoms with Crippen LogP contribution in [0.5, 0.6) is 5.75 Å². The third-order valence-electron chi connectivity index (χ3n) is 1.12. The molecule has 0 bridgehead atoms. The van der Waals surface area contributed by atoms with Crippen molar-refractivity contribution in [1.82, 2.24) is 0 Å². The first-order valence-corrected chi connectivity index (χ1v) is 3.18. The van der Waals surface area contributed by atoms with E-state index in [1.54, 1.807) is 24.3 Å². The van der Waals surface area contributed by atoms with Gasteiger partial charge in [0.1, 0.15) is 5.75 Å². The van der Waals surface area contributed by atoms with E-state index in [4.69, 9.17) is 10.5 Å². The maximum atomic E-state index is 10.4. The van der Waals surface area contributed by atoms with Crippen LogP contribution in [0.25, 0.3) is 5.73 Å². The van der Waals surface area contributed by atoms with E-state index in [0.717, 1.165) is 0 Å². The fourth-order valence-electron chi connectivity index (χ4n) is 0.689. The molecule has 0 aliphatic carbocycles. The van der Waals surface area contributed by atoms with Crippen molar-refractivity contribution < 1.29 is 28.4 Å². The molecule has 1 aromatic rings. The van der Waals surface area contributed by atoms with Crippen molar-refractivity contribution in [3.63, 3.8) is 0 Å². The summed E-state index contributed by atoms with van der Waals surface area (Å²) < 4.78 is 4.75. The molecule has 0 aromatic heterocycles. The van der Waals surface area contributed by atoms with Gasteiger partial charge >= 0.3 is 24.8 Å². The Morgan fingerprint density at radius 1 is 1.33 bits per heavy atom. The van der Waals surface area contributed by atoms with Gasteiger partial charge in [0, 0.05) is 6.92 Å². The van der Waals surface area contributed by atoms with Crippen LogP contribution < -0.4 is 23.6 Å². The molecule has 1 N–H and O–H groups in total. The zero-order valence-corrected chi connectivity index (χ0v) is 7.13. The number of carbonyl (C=O) groups excluding carboxylic acids is 1. The number of esters is 1. The molecule has 0 atom stereocenters. The molecule has 0 aliphatic rings. The van der Waals surface area contributed by atoms with Crippen LogP contribution in [0.4, 0.5) is 5.69 Å². The Balaban J connectivity index is 0.00000121. The summed E-state index contributed by atoms with van der Waals surface area (Å²) in [5.41, 5.74) is 7.54. The van der Waals surface area contributed by atoms with E-state index >= 15 is 0 Å². The fourth-order valence-corrected chi connectivity index (χ4v) is 0.689. The molecule has 0 heterocycles. The average Bonchev–Trinajstić information content (AvgIpc) is 1.93. The van der Waals surface area contributed by atoms with Gasteiger partial charge < -0.3 is 10.5 Å². The first kappa shape index (κ1) is 11.1. The van der Waals surface area contributed by atoms with Crippen molar-refractivity contribution in [2.24, 2.45) is 0 Å². The summed E-state index contributed by atoms with van der Waals surface area (Å²) in [6.45, 7) is 1.34. The summed E-state index contributed by atoms with van der Waals surface area (Å²) in [5.74, 6) is 0.135. The molecule has 0 spiro atoms. The molecule has 0 fully saturated rings. The van der Waals surface area contributed by atoms with Crippen LogP contribution >= 0.6 is 0 Å². The monoisotopic (exact) mass is 157 g/mol. The molecule has 0 unspecified atom stereocenters. The third kappa shape index (κ3) is 3.47. The average molecular weight is 157 g/mol. The molecule has 1 rings (SSSR count). The van der Waals surface area contributed by atoms with E-state index in [2.05, 4.69) is 0 Å². The smallest absolute Gasteiger partial charge is 0.699 e. The summed E-state index contributed by atoms with van der Waals surface area (Å²) >= 11 is 0. The van der Waals surface area contributed by atoms with E-state index in [1.165, 1.54) is 6.92 Å². The largest absolute Gasteiger partial charge is 1.00 e. The van der Waals surface area contributed by atoms with Crippen LogP contribution in [-0.2, 0) is 4.79 Å². The van der Waals surface area contributed by atoms with Gasteiger partial charge in [0.05, 0.1) is 0 Å². The molecule has 0 saturated carbocycles. The van der Waals surface area contributed by atoms with Crippen LogP contribution in [-0.4, -0.2) is 5.97 Å². The minimum absolute atomic E-state index is 0. The van der Waals surface area contributed by atoms with Crippen molar-refractivity contribution in [1.29, 1.82) is 0 Å². The van der Waals surface area contributed by atoms with Crippen LogP contribution in [0, 0.1) is 0 Å². The molecule has 4 heteroatoms. The van der Waals surface area contributed by atoms with Crippen molar-refractivity contribution in [2.75, 3.05) is 0 Å². The maximum absolute atomic E-state index is 10.4. The van der Waals surface area contributed by atoms with E-state index in [-0.39, 0.29) is 24.8 Å². The Hall–Kier alpha value is -0.913. The molecule has 1 aromatic carbocycles. The number of hydrogen-bond acceptors (Lipinski definition) is 2. The summed E-state index contributed by atoms with van der Waals surface area (Å²) in [7, 11) is 0. The Morgan fingerprint density at radius 3 is 2.25 bits per heavy atom. The van der Waals surface area contributed by atoms with Gasteiger partial charge in [-0.05, 0) is 12.1 Å². The Kier molecular flexibility index (Phi) is 4.49. The van der Waals surface area contributed by atoms with Crippen LogP contribution in [0.1, 0.15) is 6.92 Å². The van der Waals surface area contributed by atoms with Gasteiger partial charge in [0.2, 0.25) is 0 Å². The zero-order chi connectivity index (χ0) is 8.27. The minimum atomic E-state index is -0.345. The van der Waals surface area contributed by atoms with E-state index in [1.807, 2.05) is 0 Å². The minimum Gasteiger partial charge on any atom is -0.699 e. The quantitative estimate of drug-likeness (QED) is 0.307. The number of nitrogens with one attached hydrogen (secondary N) is 1. The number of ether oxygens (including phenoxy) is 1. The number of rotatable bonds is 1. The normalized spacial score (nSPS) is 8.42. The zero-order valence-electron chi connectivity index (χ0n) is 7.13. The second-order valence-corrected chi connectivity index (χ2v) is 2.12. The predicted molar refractivity (Wildman–Crippen MR) is 41.7 cm³/mol. The van der Waals surface area contributed by atoms with Crippen molar-refractivity contribution in [3.8, 4) is 5.75 Å². The van der Waals surface area contributed by atoms with Gasteiger partial charge in [-0.25, -0.2) is 0 Å². The molecule has 0 saturated heterocycles. The molecule has 12 heavy (non-hydrogen) atoms. The fraction of sp³-hybridized carbons (Fsp3) is 0.125. The summed E-state index contributed by atoms with van der Waals surface area (Å²) in [6, 6.07) is 6.31. The SMILES string of the molecule is CC(=O)Oc1ccc([NH-])cc1.[Li+]. The van der Waals surface area contributed by atoms with Crippen molar-refractivity contribution in [2.45, 2.75) is 6.92 Å². The molecular weight excluding hydrogens is 149 g/mol. The Labute approximate surface area is 83.1 Å². The number of benzene rings is 1. The van der Waals surface area contributed by atoms with E-state index in [9.17, 15) is 4.79 Å². The maximum Gasteiger partial charge on any atom is 1.00 e. The summed E-state index contributed by atoms with van der Waals surface area (Å²) in [6.07, 6.45) is 0. The van der Waals surface area contributed by atoms with Gasteiger partial charge in [-0.3, -0.25) is 4.79 Å². The second-order valence-electron chi connectivity index (χ2n) is 2.12. The van der Waals surface area contributed by atoms with Gasteiger partial charge in [-0.15, -0.1) is 5.69 Å². The van der Waals surface area contributed by atoms with Crippen molar-refractivity contribution in [3.05, 3.63) is 30.0 Å². The number of hydrogen-bond donors (Lipinski definition) is 0. The molecular formula is C8H8LiNO2. The molecule has 0 aliphatic heterocycles. The summed E-state index contributed by atoms with van der Waals surface area (Å²) in [5, 5.41) is 0. The molecule has 0 amide bonds. The van der Waals surface area contributed by atoms with E-state index in [0.29, 0.717) is 11.4 Å². The summed E-state index contributed by atoms with van der Waals surface area (Å²) in [4.78, 5) is 10.4. The predicted octanol–water partition coefficient (Wildman–Crippen LogP) is -0.700. The first-order valence-electron chi connectivity index (χ1n) is 3.18. The third-order valence-corrected chi connectivity index (χ3v) is 1.12. The van der Waals surface area contributed by atoms with Gasteiger partial charge in [-0.1, -0.05) is 12.1 Å². The molecule has 0 radical (unpaired) electrons. The first-order chi connectivity index (χ1) is 5.18. The standard InChI is InChI=1S/C8H8NO2.Li/c1-6(10)11-8-4-2-7(9)3-5-8;/h2-5,9H,1H3;/q-1;+1. The van der Waals surface area contributed by atoms with Crippen molar-refractivity contribution >= 4 is 11.7 Å². The van der Waals surface area contributed by atoms with Gasteiger partial charge in [-0.2, -0.15) is 0 Å². The second kappa shape index (κ2) is 4.86. The van der Waals surface area contributed by atoms with Gasteiger partial charge in [0.25, 0.3) is 0 Å². The Bertz CT molecular complexity index is 258. The Morgan fingerprint density at radius 2 is 1.83 bits per heavy atom. The topological polar surface area (TPSA) is 50.1 Å². The van der Waals surface area contributed by atoms with E-state index < -0.39 is 0 Å².